The molecule has 0 saturated heterocycles. The summed E-state index contributed by atoms with van der Waals surface area (Å²) in [6.07, 6.45) is 14.9. The van der Waals surface area contributed by atoms with Gasteiger partial charge in [0.15, 0.2) is 5.84 Å². The number of aliphatic imine (C=N–C) groups is 3. The van der Waals surface area contributed by atoms with Gasteiger partial charge in [-0.25, -0.2) is 9.98 Å². The van der Waals surface area contributed by atoms with Gasteiger partial charge in [-0.15, -0.1) is 0 Å². The number of nitrogens with zero attached hydrogens (tertiary/aromatic N) is 7. The second-order valence-electron chi connectivity index (χ2n) is 14.1. The minimum Gasteiger partial charge on any atom is -0.397 e. The van der Waals surface area contributed by atoms with E-state index in [1.54, 1.807) is 24.8 Å². The first-order chi connectivity index (χ1) is 29.1. The highest BCUT2D eigenvalue weighted by atomic mass is 15.2. The molecular weight excluding hydrogens is 725 g/mol. The number of nitrogen functional groups attached to an aromatic ring is 1. The monoisotopic (exact) mass is 760 g/mol. The Morgan fingerprint density at radius 2 is 1.31 bits per heavy atom. The van der Waals surface area contributed by atoms with Gasteiger partial charge in [0.05, 0.1) is 39.5 Å². The Bertz CT molecular complexity index is 3110. The third-order valence-electron chi connectivity index (χ3n) is 10.6. The molecule has 8 aromatic rings. The zero-order valence-corrected chi connectivity index (χ0v) is 31.9. The standard InChI is InChI=1S/C51H36N8/c1-34-38-15-2-3-16-39(38)41-27-28-42-40-17-4-6-21-46(40)59(49(42)48(41)58(34)47-22-7-5-18-43(47)52)51-56-33-29-35(44-19-9-12-30-53-44)14-8-11-32-55-50(57-51)37-25-23-36(24-26-37)45-20-10-13-31-54-45/h2-33H,1,52H2/b11-8+,14-8?,32-11?,33-29-,35-14+,35-29?,55-32+,55-50?,56-33?,56-51+,57-50-,57-51?. The summed E-state index contributed by atoms with van der Waals surface area (Å²) in [6, 6.07) is 49.0. The van der Waals surface area contributed by atoms with Crippen LogP contribution in [0.4, 0.5) is 17.1 Å². The van der Waals surface area contributed by atoms with E-state index in [0.29, 0.717) is 17.5 Å². The lowest BCUT2D eigenvalue weighted by Crippen LogP contribution is -2.23. The van der Waals surface area contributed by atoms with Crippen LogP contribution in [0.2, 0.25) is 0 Å². The van der Waals surface area contributed by atoms with E-state index in [1.807, 2.05) is 121 Å². The molecule has 0 aliphatic carbocycles. The Morgan fingerprint density at radius 1 is 0.593 bits per heavy atom. The molecular formula is C51H36N8. The van der Waals surface area contributed by atoms with Crippen LogP contribution in [0, 0.1) is 0 Å². The maximum absolute atomic E-state index is 6.80. The normalized spacial score (nSPS) is 18.2. The van der Waals surface area contributed by atoms with Crippen molar-refractivity contribution in [1.82, 2.24) is 14.5 Å². The molecule has 59 heavy (non-hydrogen) atoms. The number of benzene rings is 5. The van der Waals surface area contributed by atoms with Crippen LogP contribution in [0.5, 0.6) is 0 Å². The van der Waals surface area contributed by atoms with Crippen LogP contribution in [-0.2, 0) is 0 Å². The molecule has 5 heterocycles. The van der Waals surface area contributed by atoms with Gasteiger partial charge in [-0.2, -0.15) is 4.99 Å². The molecule has 0 bridgehead atoms. The predicted octanol–water partition coefficient (Wildman–Crippen LogP) is 11.5. The molecule has 0 atom stereocenters. The lowest BCUT2D eigenvalue weighted by atomic mass is 9.89. The number of nitrogens with two attached hydrogens (primary N) is 1. The summed E-state index contributed by atoms with van der Waals surface area (Å²) in [7, 11) is 0. The lowest BCUT2D eigenvalue weighted by molar-refractivity contribution is 1.19. The SMILES string of the molecule is C=C1c2ccccc2-c2ccc3c4ccccc4n(C4=N/C=C\C(c5ccccn5)=C/C=C/C=N/C(c5ccc(-c6ccccn6)cc5)=N\4)c3c2N1c1ccccc1N. The Hall–Kier alpha value is -8.23. The molecule has 8 nitrogen and oxygen atoms in total. The quantitative estimate of drug-likeness (QED) is 0.181. The molecule has 0 spiro atoms. The molecule has 3 aromatic heterocycles. The van der Waals surface area contributed by atoms with Crippen LogP contribution in [0.1, 0.15) is 16.8 Å². The number of allylic oxidation sites excluding steroid dienone is 5. The number of pyridine rings is 2. The van der Waals surface area contributed by atoms with Gasteiger partial charge in [0.2, 0.25) is 5.96 Å². The zero-order chi connectivity index (χ0) is 39.7. The smallest absolute Gasteiger partial charge is 0.236 e. The summed E-state index contributed by atoms with van der Waals surface area (Å²) in [4.78, 5) is 26.9. The number of rotatable bonds is 4. The van der Waals surface area contributed by atoms with E-state index in [4.69, 9.17) is 27.3 Å². The molecule has 0 unspecified atom stereocenters. The van der Waals surface area contributed by atoms with Crippen molar-refractivity contribution in [2.75, 3.05) is 10.6 Å². The Kier molecular flexibility index (Phi) is 8.96. The highest BCUT2D eigenvalue weighted by Crippen LogP contribution is 2.52. The zero-order valence-electron chi connectivity index (χ0n) is 31.9. The highest BCUT2D eigenvalue weighted by Gasteiger charge is 2.32. The van der Waals surface area contributed by atoms with Crippen LogP contribution >= 0.6 is 0 Å². The average Bonchev–Trinajstić information content (AvgIpc) is 3.62. The minimum atomic E-state index is 0.414. The molecule has 0 fully saturated rings. The number of para-hydroxylation sites is 3. The van der Waals surface area contributed by atoms with E-state index >= 15 is 0 Å². The van der Waals surface area contributed by atoms with Crippen LogP contribution in [-0.4, -0.2) is 32.5 Å². The molecule has 0 radical (unpaired) electrons. The minimum absolute atomic E-state index is 0.414. The van der Waals surface area contributed by atoms with Gasteiger partial charge in [-0.05, 0) is 60.2 Å². The summed E-state index contributed by atoms with van der Waals surface area (Å²) in [6.45, 7) is 4.69. The highest BCUT2D eigenvalue weighted by molar-refractivity contribution is 6.24. The maximum atomic E-state index is 6.80. The summed E-state index contributed by atoms with van der Waals surface area (Å²) in [5.41, 5.74) is 19.4. The first-order valence-corrected chi connectivity index (χ1v) is 19.3. The number of hydrogen-bond donors (Lipinski definition) is 1. The second-order valence-corrected chi connectivity index (χ2v) is 14.1. The molecule has 280 valence electrons. The van der Waals surface area contributed by atoms with E-state index in [0.717, 1.165) is 83.7 Å². The van der Waals surface area contributed by atoms with Crippen molar-refractivity contribution in [3.8, 4) is 22.4 Å². The summed E-state index contributed by atoms with van der Waals surface area (Å²) in [5.74, 6) is 0.899. The van der Waals surface area contributed by atoms with Gasteiger partial charge in [-0.3, -0.25) is 14.5 Å². The Morgan fingerprint density at radius 3 is 2.10 bits per heavy atom. The molecule has 8 heteroatoms. The van der Waals surface area contributed by atoms with Crippen molar-refractivity contribution >= 4 is 68.1 Å². The van der Waals surface area contributed by atoms with E-state index in [9.17, 15) is 0 Å². The summed E-state index contributed by atoms with van der Waals surface area (Å²) < 4.78 is 2.14. The molecule has 10 rings (SSSR count). The summed E-state index contributed by atoms with van der Waals surface area (Å²) >= 11 is 0. The van der Waals surface area contributed by atoms with Crippen molar-refractivity contribution < 1.29 is 0 Å². The van der Waals surface area contributed by atoms with E-state index < -0.39 is 0 Å². The van der Waals surface area contributed by atoms with Gasteiger partial charge in [0, 0.05) is 69.1 Å². The van der Waals surface area contributed by atoms with Gasteiger partial charge >= 0.3 is 0 Å². The van der Waals surface area contributed by atoms with Crippen molar-refractivity contribution in [3.63, 3.8) is 0 Å². The van der Waals surface area contributed by atoms with Crippen LogP contribution in [0.15, 0.2) is 210 Å². The van der Waals surface area contributed by atoms with Gasteiger partial charge in [-0.1, -0.05) is 122 Å². The van der Waals surface area contributed by atoms with Crippen molar-refractivity contribution in [1.29, 1.82) is 0 Å². The first kappa shape index (κ1) is 35.2. The van der Waals surface area contributed by atoms with E-state index in [-0.39, 0.29) is 0 Å². The van der Waals surface area contributed by atoms with Gasteiger partial charge in [0.25, 0.3) is 0 Å². The topological polar surface area (TPSA) is 97.0 Å². The summed E-state index contributed by atoms with van der Waals surface area (Å²) in [5, 5.41) is 2.08. The van der Waals surface area contributed by atoms with E-state index in [2.05, 4.69) is 68.0 Å². The second kappa shape index (κ2) is 15.0. The Labute approximate surface area is 341 Å². The van der Waals surface area contributed by atoms with E-state index in [1.165, 1.54) is 0 Å². The maximum Gasteiger partial charge on any atom is 0.236 e. The number of anilines is 3. The fraction of sp³-hybridized carbons (Fsp3) is 0. The van der Waals surface area contributed by atoms with Crippen LogP contribution in [0.25, 0.3) is 55.5 Å². The van der Waals surface area contributed by atoms with Crippen molar-refractivity contribution in [2.24, 2.45) is 15.0 Å². The molecule has 0 amide bonds. The Balaban J connectivity index is 1.27. The third kappa shape index (κ3) is 6.35. The number of amidine groups is 1. The number of aromatic nitrogens is 3. The fourth-order valence-corrected chi connectivity index (χ4v) is 7.86. The first-order valence-electron chi connectivity index (χ1n) is 19.3. The average molecular weight is 761 g/mol. The number of hydrogen-bond acceptors (Lipinski definition) is 7. The van der Waals surface area contributed by atoms with Crippen molar-refractivity contribution in [3.05, 3.63) is 212 Å². The van der Waals surface area contributed by atoms with Crippen LogP contribution in [0.3, 0.4) is 0 Å². The molecule has 2 N–H and O–H groups in total. The molecule has 5 aromatic carbocycles. The third-order valence-corrected chi connectivity index (χ3v) is 10.6. The number of fused-ring (bicyclic) bond motifs is 7. The predicted molar refractivity (Wildman–Crippen MR) is 245 cm³/mol. The molecule has 2 aliphatic heterocycles. The van der Waals surface area contributed by atoms with Crippen molar-refractivity contribution in [2.45, 2.75) is 0 Å². The molecule has 2 aliphatic rings. The van der Waals surface area contributed by atoms with Crippen LogP contribution < -0.4 is 10.6 Å². The molecule has 0 saturated carbocycles. The largest absolute Gasteiger partial charge is 0.397 e. The van der Waals surface area contributed by atoms with Gasteiger partial charge in [0.1, 0.15) is 0 Å². The van der Waals surface area contributed by atoms with Gasteiger partial charge < -0.3 is 10.6 Å². The lowest BCUT2D eigenvalue weighted by Gasteiger charge is -2.36. The fourth-order valence-electron chi connectivity index (χ4n) is 7.86.